The van der Waals surface area contributed by atoms with Gasteiger partial charge in [0.05, 0.1) is 5.56 Å². The highest BCUT2D eigenvalue weighted by molar-refractivity contribution is 5.97. The summed E-state index contributed by atoms with van der Waals surface area (Å²) in [5, 5.41) is 0. The molecule has 3 nitrogen and oxygen atoms in total. The monoisotopic (exact) mass is 246 g/mol. The largest absolute Gasteiger partial charge is 0.294 e. The van der Waals surface area contributed by atoms with E-state index in [4.69, 9.17) is 0 Å². The molecule has 0 amide bonds. The number of Topliss-reactive ketones (excluding diaryl/α,β-unsaturated/α-hetero) is 1. The summed E-state index contributed by atoms with van der Waals surface area (Å²) < 4.78 is 0. The lowest BCUT2D eigenvalue weighted by Gasteiger charge is -2.36. The molecule has 1 fully saturated rings. The molecule has 98 valence electrons. The molecule has 0 aliphatic heterocycles. The van der Waals surface area contributed by atoms with Crippen LogP contribution in [0.2, 0.25) is 0 Å². The van der Waals surface area contributed by atoms with Crippen molar-refractivity contribution in [3.63, 3.8) is 0 Å². The molecular weight excluding hydrogens is 224 g/mol. The third-order valence-electron chi connectivity index (χ3n) is 4.17. The van der Waals surface area contributed by atoms with Gasteiger partial charge in [-0.2, -0.15) is 0 Å². The van der Waals surface area contributed by atoms with Crippen molar-refractivity contribution in [2.45, 2.75) is 46.5 Å². The van der Waals surface area contributed by atoms with Crippen LogP contribution < -0.4 is 0 Å². The van der Waals surface area contributed by atoms with Gasteiger partial charge in [-0.3, -0.25) is 4.79 Å². The molecule has 0 unspecified atom stereocenters. The SMILES string of the molecule is CC(C)(C)C1CCC(C(=O)c2cncnc2)CC1. The molecule has 0 spiro atoms. The molecule has 0 aromatic carbocycles. The molecule has 2 rings (SSSR count). The van der Waals surface area contributed by atoms with Crippen molar-refractivity contribution < 1.29 is 4.79 Å². The maximum atomic E-state index is 12.3. The van der Waals surface area contributed by atoms with Gasteiger partial charge < -0.3 is 0 Å². The van der Waals surface area contributed by atoms with E-state index in [9.17, 15) is 4.79 Å². The van der Waals surface area contributed by atoms with Crippen LogP contribution in [0.25, 0.3) is 0 Å². The first-order valence-corrected chi connectivity index (χ1v) is 6.77. The highest BCUT2D eigenvalue weighted by Crippen LogP contribution is 2.40. The second kappa shape index (κ2) is 5.17. The van der Waals surface area contributed by atoms with Crippen LogP contribution in [0, 0.1) is 17.3 Å². The summed E-state index contributed by atoms with van der Waals surface area (Å²) in [6.07, 6.45) is 9.07. The van der Waals surface area contributed by atoms with Gasteiger partial charge in [0.2, 0.25) is 0 Å². The second-order valence-electron chi connectivity index (χ2n) is 6.41. The Morgan fingerprint density at radius 3 is 2.17 bits per heavy atom. The maximum Gasteiger partial charge on any atom is 0.169 e. The van der Waals surface area contributed by atoms with Crippen LogP contribution in [0.5, 0.6) is 0 Å². The fourth-order valence-electron chi connectivity index (χ4n) is 2.88. The highest BCUT2D eigenvalue weighted by atomic mass is 16.1. The minimum absolute atomic E-state index is 0.176. The molecule has 1 aromatic rings. The normalized spacial score (nSPS) is 24.8. The van der Waals surface area contributed by atoms with Crippen LogP contribution in [-0.2, 0) is 0 Å². The Hall–Kier alpha value is -1.25. The number of rotatable bonds is 2. The number of hydrogen-bond acceptors (Lipinski definition) is 3. The number of hydrogen-bond donors (Lipinski definition) is 0. The minimum Gasteiger partial charge on any atom is -0.294 e. The molecule has 1 aromatic heterocycles. The second-order valence-corrected chi connectivity index (χ2v) is 6.41. The molecule has 0 saturated heterocycles. The Morgan fingerprint density at radius 2 is 1.67 bits per heavy atom. The van der Waals surface area contributed by atoms with Crippen molar-refractivity contribution in [3.8, 4) is 0 Å². The predicted molar refractivity (Wildman–Crippen MR) is 71.3 cm³/mol. The molecule has 1 heterocycles. The minimum atomic E-state index is 0.176. The molecular formula is C15H22N2O. The summed E-state index contributed by atoms with van der Waals surface area (Å²) in [7, 11) is 0. The van der Waals surface area contributed by atoms with Gasteiger partial charge >= 0.3 is 0 Å². The summed E-state index contributed by atoms with van der Waals surface area (Å²) in [6, 6.07) is 0. The van der Waals surface area contributed by atoms with Crippen molar-refractivity contribution >= 4 is 5.78 Å². The lowest BCUT2D eigenvalue weighted by atomic mass is 9.69. The molecule has 0 atom stereocenters. The number of carbonyl (C=O) groups is 1. The van der Waals surface area contributed by atoms with Gasteiger partial charge in [0, 0.05) is 18.3 Å². The van der Waals surface area contributed by atoms with Crippen molar-refractivity contribution in [2.24, 2.45) is 17.3 Å². The van der Waals surface area contributed by atoms with E-state index in [0.717, 1.165) is 31.6 Å². The Labute approximate surface area is 109 Å². The van der Waals surface area contributed by atoms with E-state index in [1.807, 2.05) is 0 Å². The van der Waals surface area contributed by atoms with Gasteiger partial charge in [0.1, 0.15) is 6.33 Å². The van der Waals surface area contributed by atoms with Gasteiger partial charge in [0.25, 0.3) is 0 Å². The first-order chi connectivity index (χ1) is 8.48. The number of carbonyl (C=O) groups excluding carboxylic acids is 1. The van der Waals surface area contributed by atoms with Crippen LogP contribution in [0.3, 0.4) is 0 Å². The molecule has 1 saturated carbocycles. The smallest absolute Gasteiger partial charge is 0.169 e. The van der Waals surface area contributed by atoms with Crippen LogP contribution in [0.1, 0.15) is 56.8 Å². The van der Waals surface area contributed by atoms with Gasteiger partial charge in [-0.1, -0.05) is 20.8 Å². The Bertz CT molecular complexity index is 400. The van der Waals surface area contributed by atoms with Gasteiger partial charge in [0.15, 0.2) is 5.78 Å². The average molecular weight is 246 g/mol. The topological polar surface area (TPSA) is 42.9 Å². The molecule has 0 bridgehead atoms. The Balaban J connectivity index is 1.96. The van der Waals surface area contributed by atoms with E-state index in [0.29, 0.717) is 11.0 Å². The summed E-state index contributed by atoms with van der Waals surface area (Å²) in [6.45, 7) is 6.89. The van der Waals surface area contributed by atoms with E-state index < -0.39 is 0 Å². The fourth-order valence-corrected chi connectivity index (χ4v) is 2.88. The van der Waals surface area contributed by atoms with Crippen LogP contribution in [0.4, 0.5) is 0 Å². The van der Waals surface area contributed by atoms with Gasteiger partial charge in [-0.05, 0) is 37.0 Å². The highest BCUT2D eigenvalue weighted by Gasteiger charge is 2.32. The predicted octanol–water partition coefficient (Wildman–Crippen LogP) is 3.51. The summed E-state index contributed by atoms with van der Waals surface area (Å²) in [4.78, 5) is 20.1. The summed E-state index contributed by atoms with van der Waals surface area (Å²) in [5.74, 6) is 1.14. The summed E-state index contributed by atoms with van der Waals surface area (Å²) >= 11 is 0. The van der Waals surface area contributed by atoms with E-state index in [-0.39, 0.29) is 11.7 Å². The van der Waals surface area contributed by atoms with E-state index >= 15 is 0 Å². The standard InChI is InChI=1S/C15H22N2O/c1-15(2,3)13-6-4-11(5-7-13)14(18)12-8-16-10-17-9-12/h8-11,13H,4-7H2,1-3H3. The van der Waals surface area contributed by atoms with Crippen molar-refractivity contribution in [3.05, 3.63) is 24.3 Å². The Morgan fingerprint density at radius 1 is 1.11 bits per heavy atom. The first-order valence-electron chi connectivity index (χ1n) is 6.77. The van der Waals surface area contributed by atoms with E-state index in [2.05, 4.69) is 30.7 Å². The molecule has 18 heavy (non-hydrogen) atoms. The van der Waals surface area contributed by atoms with Gasteiger partial charge in [-0.15, -0.1) is 0 Å². The van der Waals surface area contributed by atoms with E-state index in [1.54, 1.807) is 12.4 Å². The fraction of sp³-hybridized carbons (Fsp3) is 0.667. The number of ketones is 1. The number of aromatic nitrogens is 2. The van der Waals surface area contributed by atoms with Gasteiger partial charge in [-0.25, -0.2) is 9.97 Å². The van der Waals surface area contributed by atoms with Crippen LogP contribution in [0.15, 0.2) is 18.7 Å². The lowest BCUT2D eigenvalue weighted by molar-refractivity contribution is 0.0818. The molecule has 0 radical (unpaired) electrons. The van der Waals surface area contributed by atoms with Crippen LogP contribution in [-0.4, -0.2) is 15.8 Å². The van der Waals surface area contributed by atoms with Crippen LogP contribution >= 0.6 is 0 Å². The quantitative estimate of drug-likeness (QED) is 0.750. The third kappa shape index (κ3) is 2.95. The van der Waals surface area contributed by atoms with Crippen molar-refractivity contribution in [1.29, 1.82) is 0 Å². The molecule has 0 N–H and O–H groups in total. The first kappa shape index (κ1) is 13.2. The average Bonchev–Trinajstić information content (AvgIpc) is 2.38. The van der Waals surface area contributed by atoms with Crippen molar-refractivity contribution in [2.75, 3.05) is 0 Å². The maximum absolute atomic E-state index is 12.3. The number of nitrogens with zero attached hydrogens (tertiary/aromatic N) is 2. The molecule has 1 aliphatic rings. The van der Waals surface area contributed by atoms with Crippen molar-refractivity contribution in [1.82, 2.24) is 9.97 Å². The third-order valence-corrected chi connectivity index (χ3v) is 4.17. The zero-order valence-electron chi connectivity index (χ0n) is 11.5. The molecule has 1 aliphatic carbocycles. The molecule has 3 heteroatoms. The Kier molecular flexibility index (Phi) is 3.79. The summed E-state index contributed by atoms with van der Waals surface area (Å²) in [5.41, 5.74) is 1.03. The lowest BCUT2D eigenvalue weighted by Crippen LogP contribution is -2.28. The zero-order valence-corrected chi connectivity index (χ0v) is 11.5. The van der Waals surface area contributed by atoms with E-state index in [1.165, 1.54) is 6.33 Å². The zero-order chi connectivity index (χ0) is 13.2.